The average molecular weight is 190 g/mol. The van der Waals surface area contributed by atoms with Crippen molar-refractivity contribution in [3.8, 4) is 0 Å². The van der Waals surface area contributed by atoms with E-state index in [1.54, 1.807) is 0 Å². The zero-order valence-corrected chi connectivity index (χ0v) is 10.5. The second-order valence-corrected chi connectivity index (χ2v) is 5.10. The molecule has 2 heteroatoms. The molecule has 0 aliphatic rings. The fourth-order valence-electron chi connectivity index (χ4n) is 0.250. The first-order chi connectivity index (χ1) is 5.62. The van der Waals surface area contributed by atoms with E-state index in [1.807, 2.05) is 41.5 Å². The molecule has 0 aromatic carbocycles. The minimum absolute atomic E-state index is 0.215. The maximum absolute atomic E-state index is 5.09. The Kier molecular flexibility index (Phi) is 7.56. The Morgan fingerprint density at radius 3 is 0.923 bits per heavy atom. The summed E-state index contributed by atoms with van der Waals surface area (Å²) in [5.41, 5.74) is -0.430. The van der Waals surface area contributed by atoms with Crippen LogP contribution in [0.5, 0.6) is 0 Å². The highest BCUT2D eigenvalue weighted by Crippen LogP contribution is 2.14. The van der Waals surface area contributed by atoms with Crippen molar-refractivity contribution < 1.29 is 9.78 Å². The highest BCUT2D eigenvalue weighted by molar-refractivity contribution is 4.58. The van der Waals surface area contributed by atoms with Gasteiger partial charge in [-0.15, -0.1) is 0 Å². The van der Waals surface area contributed by atoms with Gasteiger partial charge in [0.25, 0.3) is 0 Å². The van der Waals surface area contributed by atoms with E-state index >= 15 is 0 Å². The van der Waals surface area contributed by atoms with Crippen molar-refractivity contribution in [1.82, 2.24) is 0 Å². The van der Waals surface area contributed by atoms with E-state index in [0.717, 1.165) is 0 Å². The molecule has 0 N–H and O–H groups in total. The third kappa shape index (κ3) is 24.5. The highest BCUT2D eigenvalue weighted by atomic mass is 17.2. The maximum atomic E-state index is 5.09. The Hall–Kier alpha value is -0.0800. The van der Waals surface area contributed by atoms with Crippen molar-refractivity contribution in [2.45, 2.75) is 73.0 Å². The lowest BCUT2D eigenvalue weighted by Crippen LogP contribution is -2.27. The van der Waals surface area contributed by atoms with Gasteiger partial charge in [-0.1, -0.05) is 20.3 Å². The van der Waals surface area contributed by atoms with Gasteiger partial charge >= 0.3 is 0 Å². The van der Waals surface area contributed by atoms with Gasteiger partial charge in [-0.05, 0) is 41.5 Å². The minimum atomic E-state index is -0.215. The van der Waals surface area contributed by atoms with Gasteiger partial charge in [0.2, 0.25) is 0 Å². The van der Waals surface area contributed by atoms with Crippen LogP contribution >= 0.6 is 0 Å². The van der Waals surface area contributed by atoms with Gasteiger partial charge in [0.05, 0.1) is 11.2 Å². The first-order valence-electron chi connectivity index (χ1n) is 4.99. The topological polar surface area (TPSA) is 18.5 Å². The van der Waals surface area contributed by atoms with E-state index in [4.69, 9.17) is 9.78 Å². The summed E-state index contributed by atoms with van der Waals surface area (Å²) in [6.07, 6.45) is 1.25. The third-order valence-electron chi connectivity index (χ3n) is 0.542. The van der Waals surface area contributed by atoms with Crippen LogP contribution in [-0.2, 0) is 9.78 Å². The van der Waals surface area contributed by atoms with Crippen molar-refractivity contribution in [1.29, 1.82) is 0 Å². The molecule has 0 atom stereocenters. The smallest absolute Gasteiger partial charge is 0.0952 e. The third-order valence-corrected chi connectivity index (χ3v) is 0.542. The number of rotatable bonds is 1. The Balaban J connectivity index is 0. The predicted octanol–water partition coefficient (Wildman–Crippen LogP) is 3.95. The van der Waals surface area contributed by atoms with Crippen LogP contribution in [0, 0.1) is 0 Å². The quantitative estimate of drug-likeness (QED) is 0.460. The molecule has 0 heterocycles. The molecule has 82 valence electrons. The lowest BCUT2D eigenvalue weighted by molar-refractivity contribution is -0.393. The lowest BCUT2D eigenvalue weighted by atomic mass is 10.2. The monoisotopic (exact) mass is 190 g/mol. The molecule has 13 heavy (non-hydrogen) atoms. The molecule has 2 nitrogen and oxygen atoms in total. The van der Waals surface area contributed by atoms with Gasteiger partial charge in [0, 0.05) is 0 Å². The minimum Gasteiger partial charge on any atom is -0.230 e. The summed E-state index contributed by atoms with van der Waals surface area (Å²) in [6.45, 7) is 16.0. The van der Waals surface area contributed by atoms with E-state index in [0.29, 0.717) is 0 Å². The maximum Gasteiger partial charge on any atom is 0.0952 e. The van der Waals surface area contributed by atoms with E-state index < -0.39 is 0 Å². The standard InChI is InChI=1S/C8H18O2.C3H8/c1-7(2,3)9-10-8(4,5)6;1-3-2/h1-6H3;3H2,1-2H3. The Labute approximate surface area is 83.6 Å². The van der Waals surface area contributed by atoms with E-state index in [2.05, 4.69) is 13.8 Å². The molecule has 0 saturated carbocycles. The van der Waals surface area contributed by atoms with Gasteiger partial charge in [-0.3, -0.25) is 0 Å². The fraction of sp³-hybridized carbons (Fsp3) is 1.00. The zero-order chi connectivity index (χ0) is 11.1. The van der Waals surface area contributed by atoms with Crippen LogP contribution in [0.25, 0.3) is 0 Å². The van der Waals surface area contributed by atoms with E-state index in [-0.39, 0.29) is 11.2 Å². The van der Waals surface area contributed by atoms with Crippen LogP contribution in [-0.4, -0.2) is 11.2 Å². The molecule has 0 aliphatic carbocycles. The first kappa shape index (κ1) is 15.4. The van der Waals surface area contributed by atoms with Gasteiger partial charge in [-0.25, -0.2) is 9.78 Å². The molecular formula is C11H26O2. The molecule has 0 radical (unpaired) electrons. The average Bonchev–Trinajstić information content (AvgIpc) is 1.82. The molecule has 0 unspecified atom stereocenters. The van der Waals surface area contributed by atoms with Gasteiger partial charge in [0.1, 0.15) is 0 Å². The summed E-state index contributed by atoms with van der Waals surface area (Å²) in [6, 6.07) is 0. The van der Waals surface area contributed by atoms with Crippen LogP contribution in [0.4, 0.5) is 0 Å². The molecule has 0 aliphatic heterocycles. The molecule has 0 amide bonds. The van der Waals surface area contributed by atoms with Gasteiger partial charge in [0.15, 0.2) is 0 Å². The molecule has 0 bridgehead atoms. The summed E-state index contributed by atoms with van der Waals surface area (Å²) in [5, 5.41) is 0. The Morgan fingerprint density at radius 1 is 0.692 bits per heavy atom. The van der Waals surface area contributed by atoms with E-state index in [1.165, 1.54) is 6.42 Å². The van der Waals surface area contributed by atoms with Gasteiger partial charge in [-0.2, -0.15) is 0 Å². The van der Waals surface area contributed by atoms with Crippen molar-refractivity contribution >= 4 is 0 Å². The molecule has 0 aromatic heterocycles. The zero-order valence-electron chi connectivity index (χ0n) is 10.5. The Morgan fingerprint density at radius 2 is 0.846 bits per heavy atom. The second kappa shape index (κ2) is 6.39. The summed E-state index contributed by atoms with van der Waals surface area (Å²) < 4.78 is 0. The molecular weight excluding hydrogens is 164 g/mol. The highest BCUT2D eigenvalue weighted by Gasteiger charge is 2.18. The van der Waals surface area contributed by atoms with Crippen molar-refractivity contribution in [3.63, 3.8) is 0 Å². The number of hydrogen-bond donors (Lipinski definition) is 0. The molecule has 0 rings (SSSR count). The summed E-state index contributed by atoms with van der Waals surface area (Å²) >= 11 is 0. The van der Waals surface area contributed by atoms with Crippen LogP contribution in [0.2, 0.25) is 0 Å². The predicted molar refractivity (Wildman–Crippen MR) is 57.6 cm³/mol. The molecule has 0 fully saturated rings. The van der Waals surface area contributed by atoms with Crippen LogP contribution in [0.3, 0.4) is 0 Å². The van der Waals surface area contributed by atoms with Crippen molar-refractivity contribution in [3.05, 3.63) is 0 Å². The Bertz CT molecular complexity index is 92.2. The molecule has 0 aromatic rings. The summed E-state index contributed by atoms with van der Waals surface area (Å²) in [5.74, 6) is 0. The lowest BCUT2D eigenvalue weighted by Gasteiger charge is -2.24. The number of hydrogen-bond acceptors (Lipinski definition) is 2. The van der Waals surface area contributed by atoms with Gasteiger partial charge < -0.3 is 0 Å². The largest absolute Gasteiger partial charge is 0.230 e. The fourth-order valence-corrected chi connectivity index (χ4v) is 0.250. The summed E-state index contributed by atoms with van der Waals surface area (Å²) in [4.78, 5) is 10.2. The van der Waals surface area contributed by atoms with Crippen molar-refractivity contribution in [2.75, 3.05) is 0 Å². The normalized spacial score (nSPS) is 12.0. The SMILES string of the molecule is CC(C)(C)OOC(C)(C)C.CCC. The van der Waals surface area contributed by atoms with Crippen LogP contribution in [0.1, 0.15) is 61.8 Å². The summed E-state index contributed by atoms with van der Waals surface area (Å²) in [7, 11) is 0. The van der Waals surface area contributed by atoms with E-state index in [9.17, 15) is 0 Å². The second-order valence-electron chi connectivity index (χ2n) is 5.10. The molecule has 0 saturated heterocycles. The molecule has 0 spiro atoms. The van der Waals surface area contributed by atoms with Crippen molar-refractivity contribution in [2.24, 2.45) is 0 Å². The van der Waals surface area contributed by atoms with Crippen LogP contribution < -0.4 is 0 Å². The van der Waals surface area contributed by atoms with Crippen LogP contribution in [0.15, 0.2) is 0 Å². The first-order valence-corrected chi connectivity index (χ1v) is 4.99.